The molecule has 0 saturated heterocycles. The first-order chi connectivity index (χ1) is 13.9. The van der Waals surface area contributed by atoms with Crippen molar-refractivity contribution >= 4 is 17.8 Å². The van der Waals surface area contributed by atoms with Gasteiger partial charge in [-0.1, -0.05) is 13.8 Å². The van der Waals surface area contributed by atoms with Crippen LogP contribution in [0.1, 0.15) is 67.7 Å². The lowest BCUT2D eigenvalue weighted by Gasteiger charge is -2.31. The predicted octanol–water partition coefficient (Wildman–Crippen LogP) is 1.45. The van der Waals surface area contributed by atoms with Crippen LogP contribution in [0.3, 0.4) is 0 Å². The van der Waals surface area contributed by atoms with E-state index in [1.807, 2.05) is 34.6 Å². The lowest BCUT2D eigenvalue weighted by molar-refractivity contribution is -0.148. The zero-order valence-electron chi connectivity index (χ0n) is 19.6. The average Bonchev–Trinajstić information content (AvgIpc) is 2.66. The topological polar surface area (TPSA) is 126 Å². The molecule has 0 aliphatic heterocycles. The second kappa shape index (κ2) is 13.6. The maximum absolute atomic E-state index is 12.4. The molecule has 1 unspecified atom stereocenters. The van der Waals surface area contributed by atoms with Crippen molar-refractivity contribution < 1.29 is 29.0 Å². The number of ether oxygens (including phenoxy) is 2. The summed E-state index contributed by atoms with van der Waals surface area (Å²) >= 11 is 0. The summed E-state index contributed by atoms with van der Waals surface area (Å²) < 4.78 is 11.6. The molecule has 0 radical (unpaired) electrons. The van der Waals surface area contributed by atoms with Crippen LogP contribution < -0.4 is 16.0 Å². The lowest BCUT2D eigenvalue weighted by atomic mass is 10.0. The predicted molar refractivity (Wildman–Crippen MR) is 115 cm³/mol. The van der Waals surface area contributed by atoms with Crippen molar-refractivity contribution in [2.45, 2.75) is 91.0 Å². The highest BCUT2D eigenvalue weighted by atomic mass is 16.5. The molecule has 0 saturated carbocycles. The molecule has 0 aromatic rings. The number of likely N-dealkylation sites (N-methyl/N-ethyl adjacent to an activating group) is 1. The third-order valence-electron chi connectivity index (χ3n) is 4.76. The van der Waals surface area contributed by atoms with Crippen LogP contribution in [0.5, 0.6) is 0 Å². The van der Waals surface area contributed by atoms with Gasteiger partial charge in [0.2, 0.25) is 5.91 Å². The van der Waals surface area contributed by atoms with Crippen molar-refractivity contribution in [3.63, 3.8) is 0 Å². The molecule has 0 heterocycles. The van der Waals surface area contributed by atoms with Gasteiger partial charge in [-0.3, -0.25) is 14.4 Å². The Kier molecular flexibility index (Phi) is 12.8. The molecule has 0 rings (SSSR count). The zero-order valence-corrected chi connectivity index (χ0v) is 19.6. The van der Waals surface area contributed by atoms with Crippen LogP contribution >= 0.6 is 0 Å². The molecule has 2 atom stereocenters. The van der Waals surface area contributed by atoms with Crippen LogP contribution in [0.2, 0.25) is 0 Å². The minimum atomic E-state index is -0.965. The number of carbonyl (C=O) groups is 3. The van der Waals surface area contributed by atoms with E-state index in [0.29, 0.717) is 13.0 Å². The minimum Gasteiger partial charge on any atom is -0.481 e. The Morgan fingerprint density at radius 2 is 1.63 bits per heavy atom. The van der Waals surface area contributed by atoms with Crippen molar-refractivity contribution in [1.82, 2.24) is 16.0 Å². The fraction of sp³-hybridized carbons (Fsp3) is 0.857. The minimum absolute atomic E-state index is 0.0325. The van der Waals surface area contributed by atoms with Crippen molar-refractivity contribution in [3.05, 3.63) is 0 Å². The first-order valence-electron chi connectivity index (χ1n) is 10.7. The molecule has 0 aromatic carbocycles. The van der Waals surface area contributed by atoms with Gasteiger partial charge in [0.15, 0.2) is 0 Å². The van der Waals surface area contributed by atoms with Crippen LogP contribution in [-0.2, 0) is 23.9 Å². The Balaban J connectivity index is 4.56. The summed E-state index contributed by atoms with van der Waals surface area (Å²) in [7, 11) is 0. The molecule has 30 heavy (non-hydrogen) atoms. The quantitative estimate of drug-likeness (QED) is 0.273. The van der Waals surface area contributed by atoms with Crippen LogP contribution in [0.25, 0.3) is 0 Å². The summed E-state index contributed by atoms with van der Waals surface area (Å²) in [4.78, 5) is 35.4. The van der Waals surface area contributed by atoms with Gasteiger partial charge in [-0.15, -0.1) is 0 Å². The highest BCUT2D eigenvalue weighted by molar-refractivity contribution is 5.84. The smallest absolute Gasteiger partial charge is 0.303 e. The maximum Gasteiger partial charge on any atom is 0.303 e. The number of carbonyl (C=O) groups excluding carboxylic acids is 2. The Bertz CT molecular complexity index is 553. The van der Waals surface area contributed by atoms with E-state index in [0.717, 1.165) is 0 Å². The first-order valence-corrected chi connectivity index (χ1v) is 10.7. The molecule has 9 heteroatoms. The standard InChI is InChI=1S/C21H41N3O6/c1-8-21(7,14-23-18(27)16(22-9-2)10-11-17(25)26)30-13-12-29-20(5,6)19(28)24-15(3)4/h15-16,22H,8-14H2,1-7H3,(H,23,27)(H,24,28)(H,25,26)/t16-,21?/m1/s1. The highest BCUT2D eigenvalue weighted by Crippen LogP contribution is 2.15. The van der Waals surface area contributed by atoms with Gasteiger partial charge in [0.1, 0.15) is 5.60 Å². The van der Waals surface area contributed by atoms with Crippen LogP contribution in [0.15, 0.2) is 0 Å². The molecular weight excluding hydrogens is 390 g/mol. The number of hydrogen-bond acceptors (Lipinski definition) is 6. The number of amides is 2. The van der Waals surface area contributed by atoms with E-state index in [1.165, 1.54) is 0 Å². The fourth-order valence-electron chi connectivity index (χ4n) is 2.60. The molecule has 0 bridgehead atoms. The molecule has 2 amide bonds. The SMILES string of the molecule is CCN[C@H](CCC(=O)O)C(=O)NCC(C)(CC)OCCOC(C)(C)C(=O)NC(C)C. The van der Waals surface area contributed by atoms with Crippen LogP contribution in [0.4, 0.5) is 0 Å². The normalized spacial score (nSPS) is 14.8. The number of nitrogens with one attached hydrogen (secondary N) is 3. The van der Waals surface area contributed by atoms with Crippen molar-refractivity contribution in [1.29, 1.82) is 0 Å². The summed E-state index contributed by atoms with van der Waals surface area (Å²) in [6, 6.07) is -0.527. The molecule has 0 fully saturated rings. The molecule has 9 nitrogen and oxygen atoms in total. The van der Waals surface area contributed by atoms with Gasteiger partial charge < -0.3 is 30.5 Å². The van der Waals surface area contributed by atoms with Crippen LogP contribution in [-0.4, -0.2) is 72.5 Å². The second-order valence-electron chi connectivity index (χ2n) is 8.40. The first kappa shape index (κ1) is 28.3. The van der Waals surface area contributed by atoms with Gasteiger partial charge in [0.05, 0.1) is 24.9 Å². The summed E-state index contributed by atoms with van der Waals surface area (Å²) in [5.41, 5.74) is -1.57. The lowest BCUT2D eigenvalue weighted by Crippen LogP contribution is -2.50. The Morgan fingerprint density at radius 3 is 2.13 bits per heavy atom. The summed E-state index contributed by atoms with van der Waals surface area (Å²) in [6.45, 7) is 14.3. The summed E-state index contributed by atoms with van der Waals surface area (Å²) in [5, 5.41) is 17.5. The third kappa shape index (κ3) is 11.5. The van der Waals surface area contributed by atoms with E-state index >= 15 is 0 Å². The summed E-state index contributed by atoms with van der Waals surface area (Å²) in [6.07, 6.45) is 0.801. The number of rotatable bonds is 16. The van der Waals surface area contributed by atoms with Gasteiger partial charge >= 0.3 is 5.97 Å². The van der Waals surface area contributed by atoms with Gasteiger partial charge in [-0.2, -0.15) is 0 Å². The fourth-order valence-corrected chi connectivity index (χ4v) is 2.60. The van der Waals surface area contributed by atoms with Crippen molar-refractivity contribution in [3.8, 4) is 0 Å². The summed E-state index contributed by atoms with van der Waals surface area (Å²) in [5.74, 6) is -1.36. The van der Waals surface area contributed by atoms with Gasteiger partial charge in [0, 0.05) is 19.0 Å². The second-order valence-corrected chi connectivity index (χ2v) is 8.40. The molecule has 0 aromatic heterocycles. The van der Waals surface area contributed by atoms with Gasteiger partial charge in [0.25, 0.3) is 5.91 Å². The van der Waals surface area contributed by atoms with Crippen molar-refractivity contribution in [2.24, 2.45) is 0 Å². The zero-order chi connectivity index (χ0) is 23.4. The molecule has 0 aliphatic rings. The Labute approximate surface area is 180 Å². The van der Waals surface area contributed by atoms with Gasteiger partial charge in [-0.25, -0.2) is 0 Å². The van der Waals surface area contributed by atoms with Gasteiger partial charge in [-0.05, 0) is 54.0 Å². The molecular formula is C21H41N3O6. The maximum atomic E-state index is 12.4. The molecule has 4 N–H and O–H groups in total. The molecule has 176 valence electrons. The average molecular weight is 432 g/mol. The van der Waals surface area contributed by atoms with E-state index in [1.54, 1.807) is 13.8 Å². The number of hydrogen-bond donors (Lipinski definition) is 4. The molecule has 0 spiro atoms. The van der Waals surface area contributed by atoms with E-state index < -0.39 is 23.2 Å². The van der Waals surface area contributed by atoms with E-state index in [-0.39, 0.29) is 50.5 Å². The number of carboxylic acids is 1. The van der Waals surface area contributed by atoms with E-state index in [4.69, 9.17) is 14.6 Å². The third-order valence-corrected chi connectivity index (χ3v) is 4.76. The largest absolute Gasteiger partial charge is 0.481 e. The van der Waals surface area contributed by atoms with Crippen LogP contribution in [0, 0.1) is 0 Å². The number of aliphatic carboxylic acids is 1. The monoisotopic (exact) mass is 431 g/mol. The number of carboxylic acid groups (broad SMARTS) is 1. The highest BCUT2D eigenvalue weighted by Gasteiger charge is 2.30. The Morgan fingerprint density at radius 1 is 1.03 bits per heavy atom. The Hall–Kier alpha value is -1.71. The van der Waals surface area contributed by atoms with E-state index in [9.17, 15) is 14.4 Å². The van der Waals surface area contributed by atoms with E-state index in [2.05, 4.69) is 16.0 Å². The molecule has 0 aliphatic carbocycles. The van der Waals surface area contributed by atoms with Crippen molar-refractivity contribution in [2.75, 3.05) is 26.3 Å².